The SMILES string of the molecule is CN(C)CCNC(=O)c1csc(Nc2ccccc2)n1. The number of carbonyl (C=O) groups excluding carboxylic acids is 1. The third-order valence-corrected chi connectivity index (χ3v) is 3.36. The van der Waals surface area contributed by atoms with E-state index in [9.17, 15) is 4.79 Å². The highest BCUT2D eigenvalue weighted by atomic mass is 32.1. The molecular weight excluding hydrogens is 272 g/mol. The van der Waals surface area contributed by atoms with Gasteiger partial charge < -0.3 is 15.5 Å². The van der Waals surface area contributed by atoms with Crippen molar-refractivity contribution in [3.05, 3.63) is 41.4 Å². The molecule has 5 nitrogen and oxygen atoms in total. The van der Waals surface area contributed by atoms with E-state index in [1.165, 1.54) is 11.3 Å². The van der Waals surface area contributed by atoms with Crippen molar-refractivity contribution in [2.24, 2.45) is 0 Å². The molecule has 0 aliphatic carbocycles. The first-order chi connectivity index (χ1) is 9.65. The van der Waals surface area contributed by atoms with Crippen LogP contribution >= 0.6 is 11.3 Å². The number of nitrogens with one attached hydrogen (secondary N) is 2. The molecule has 0 aliphatic rings. The Morgan fingerprint density at radius 2 is 2.05 bits per heavy atom. The zero-order valence-corrected chi connectivity index (χ0v) is 12.4. The quantitative estimate of drug-likeness (QED) is 0.856. The van der Waals surface area contributed by atoms with Gasteiger partial charge in [0.25, 0.3) is 5.91 Å². The number of hydrogen-bond acceptors (Lipinski definition) is 5. The van der Waals surface area contributed by atoms with E-state index in [0.29, 0.717) is 17.4 Å². The Morgan fingerprint density at radius 1 is 1.30 bits per heavy atom. The molecule has 1 aromatic heterocycles. The molecule has 2 N–H and O–H groups in total. The average molecular weight is 290 g/mol. The minimum Gasteiger partial charge on any atom is -0.349 e. The van der Waals surface area contributed by atoms with Crippen LogP contribution in [-0.2, 0) is 0 Å². The topological polar surface area (TPSA) is 57.3 Å². The molecule has 0 radical (unpaired) electrons. The van der Waals surface area contributed by atoms with Crippen molar-refractivity contribution in [2.45, 2.75) is 0 Å². The summed E-state index contributed by atoms with van der Waals surface area (Å²) in [5, 5.41) is 8.49. The van der Waals surface area contributed by atoms with E-state index in [1.54, 1.807) is 5.38 Å². The second-order valence-corrected chi connectivity index (χ2v) is 5.45. The van der Waals surface area contributed by atoms with E-state index < -0.39 is 0 Å². The van der Waals surface area contributed by atoms with E-state index >= 15 is 0 Å². The maximum atomic E-state index is 11.9. The Morgan fingerprint density at radius 3 is 2.75 bits per heavy atom. The number of hydrogen-bond donors (Lipinski definition) is 2. The molecule has 0 unspecified atom stereocenters. The summed E-state index contributed by atoms with van der Waals surface area (Å²) in [6.07, 6.45) is 0. The third kappa shape index (κ3) is 4.32. The first-order valence-corrected chi connectivity index (χ1v) is 7.23. The van der Waals surface area contributed by atoms with Crippen LogP contribution in [-0.4, -0.2) is 43.0 Å². The Hall–Kier alpha value is -1.92. The van der Waals surface area contributed by atoms with Gasteiger partial charge >= 0.3 is 0 Å². The van der Waals surface area contributed by atoms with E-state index in [0.717, 1.165) is 12.2 Å². The van der Waals surface area contributed by atoms with E-state index in [1.807, 2.05) is 49.3 Å². The van der Waals surface area contributed by atoms with Gasteiger partial charge in [-0.1, -0.05) is 18.2 Å². The van der Waals surface area contributed by atoms with E-state index in [2.05, 4.69) is 15.6 Å². The summed E-state index contributed by atoms with van der Waals surface area (Å²) in [6.45, 7) is 1.43. The lowest BCUT2D eigenvalue weighted by Gasteiger charge is -2.09. The number of aromatic nitrogens is 1. The Labute approximate surface area is 122 Å². The number of thiazole rings is 1. The lowest BCUT2D eigenvalue weighted by atomic mass is 10.3. The monoisotopic (exact) mass is 290 g/mol. The van der Waals surface area contributed by atoms with Crippen LogP contribution in [0.15, 0.2) is 35.7 Å². The number of anilines is 2. The molecule has 20 heavy (non-hydrogen) atoms. The molecule has 1 amide bonds. The molecule has 0 bridgehead atoms. The predicted octanol–water partition coefficient (Wildman–Crippen LogP) is 2.18. The minimum atomic E-state index is -0.135. The van der Waals surface area contributed by atoms with Crippen molar-refractivity contribution in [1.82, 2.24) is 15.2 Å². The highest BCUT2D eigenvalue weighted by Crippen LogP contribution is 2.20. The molecule has 106 valence electrons. The van der Waals surface area contributed by atoms with Crippen molar-refractivity contribution in [3.8, 4) is 0 Å². The fourth-order valence-corrected chi connectivity index (χ4v) is 2.27. The van der Waals surface area contributed by atoms with E-state index in [4.69, 9.17) is 0 Å². The van der Waals surface area contributed by atoms with Crippen molar-refractivity contribution < 1.29 is 4.79 Å². The first kappa shape index (κ1) is 14.5. The van der Waals surface area contributed by atoms with Gasteiger partial charge in [-0.25, -0.2) is 4.98 Å². The summed E-state index contributed by atoms with van der Waals surface area (Å²) in [7, 11) is 3.94. The Bertz CT molecular complexity index is 553. The molecule has 0 atom stereocenters. The molecule has 0 saturated carbocycles. The zero-order chi connectivity index (χ0) is 14.4. The molecule has 2 aromatic rings. The normalized spacial score (nSPS) is 10.6. The highest BCUT2D eigenvalue weighted by Gasteiger charge is 2.10. The largest absolute Gasteiger partial charge is 0.349 e. The van der Waals surface area contributed by atoms with Crippen LogP contribution in [0, 0.1) is 0 Å². The van der Waals surface area contributed by atoms with Crippen LogP contribution in [0.25, 0.3) is 0 Å². The lowest BCUT2D eigenvalue weighted by Crippen LogP contribution is -2.31. The van der Waals surface area contributed by atoms with Crippen molar-refractivity contribution in [1.29, 1.82) is 0 Å². The number of carbonyl (C=O) groups is 1. The van der Waals surface area contributed by atoms with Gasteiger partial charge in [-0.05, 0) is 26.2 Å². The van der Waals surface area contributed by atoms with E-state index in [-0.39, 0.29) is 5.91 Å². The molecule has 1 heterocycles. The van der Waals surface area contributed by atoms with Crippen LogP contribution < -0.4 is 10.6 Å². The van der Waals surface area contributed by atoms with Crippen LogP contribution in [0.1, 0.15) is 10.5 Å². The molecule has 0 spiro atoms. The fraction of sp³-hybridized carbons (Fsp3) is 0.286. The summed E-state index contributed by atoms with van der Waals surface area (Å²) in [4.78, 5) is 18.2. The van der Waals surface area contributed by atoms with Gasteiger partial charge in [0.15, 0.2) is 5.13 Å². The second-order valence-electron chi connectivity index (χ2n) is 4.59. The Balaban J connectivity index is 1.90. The molecule has 0 aliphatic heterocycles. The van der Waals surface area contributed by atoms with Gasteiger partial charge in [0.1, 0.15) is 5.69 Å². The standard InChI is InChI=1S/C14H18N4OS/c1-18(2)9-8-15-13(19)12-10-20-14(17-12)16-11-6-4-3-5-7-11/h3-7,10H,8-9H2,1-2H3,(H,15,19)(H,16,17). The lowest BCUT2D eigenvalue weighted by molar-refractivity contribution is 0.0947. The van der Waals surface area contributed by atoms with Crippen LogP contribution in [0.2, 0.25) is 0 Å². The van der Waals surface area contributed by atoms with Gasteiger partial charge in [-0.2, -0.15) is 0 Å². The number of nitrogens with zero attached hydrogens (tertiary/aromatic N) is 2. The minimum absolute atomic E-state index is 0.135. The molecule has 0 fully saturated rings. The molecule has 0 saturated heterocycles. The summed E-state index contributed by atoms with van der Waals surface area (Å²) >= 11 is 1.42. The third-order valence-electron chi connectivity index (χ3n) is 2.61. The van der Waals surface area contributed by atoms with Crippen LogP contribution in [0.5, 0.6) is 0 Å². The average Bonchev–Trinajstić information content (AvgIpc) is 2.88. The smallest absolute Gasteiger partial charge is 0.270 e. The fourth-order valence-electron chi connectivity index (χ4n) is 1.56. The molecular formula is C14H18N4OS. The van der Waals surface area contributed by atoms with Crippen molar-refractivity contribution in [3.63, 3.8) is 0 Å². The Kier molecular flexibility index (Phi) is 5.09. The first-order valence-electron chi connectivity index (χ1n) is 6.35. The van der Waals surface area contributed by atoms with Gasteiger partial charge in [-0.3, -0.25) is 4.79 Å². The summed E-state index contributed by atoms with van der Waals surface area (Å²) in [5.74, 6) is -0.135. The van der Waals surface area contributed by atoms with Gasteiger partial charge in [-0.15, -0.1) is 11.3 Å². The second kappa shape index (κ2) is 7.02. The van der Waals surface area contributed by atoms with Crippen molar-refractivity contribution >= 4 is 28.1 Å². The van der Waals surface area contributed by atoms with Crippen LogP contribution in [0.4, 0.5) is 10.8 Å². The zero-order valence-electron chi connectivity index (χ0n) is 11.6. The molecule has 6 heteroatoms. The number of benzene rings is 1. The summed E-state index contributed by atoms with van der Waals surface area (Å²) < 4.78 is 0. The van der Waals surface area contributed by atoms with Crippen molar-refractivity contribution in [2.75, 3.05) is 32.5 Å². The maximum Gasteiger partial charge on any atom is 0.270 e. The van der Waals surface area contributed by atoms with Gasteiger partial charge in [0.2, 0.25) is 0 Å². The maximum absolute atomic E-state index is 11.9. The highest BCUT2D eigenvalue weighted by molar-refractivity contribution is 7.14. The number of rotatable bonds is 6. The summed E-state index contributed by atoms with van der Waals surface area (Å²) in [5.41, 5.74) is 1.41. The van der Waals surface area contributed by atoms with Crippen LogP contribution in [0.3, 0.4) is 0 Å². The predicted molar refractivity (Wildman–Crippen MR) is 82.7 cm³/mol. The molecule has 2 rings (SSSR count). The number of para-hydroxylation sites is 1. The van der Waals surface area contributed by atoms with Gasteiger partial charge in [0, 0.05) is 24.2 Å². The summed E-state index contributed by atoms with van der Waals surface area (Å²) in [6, 6.07) is 9.77. The molecule has 1 aromatic carbocycles. The number of amides is 1. The van der Waals surface area contributed by atoms with Gasteiger partial charge in [0.05, 0.1) is 0 Å². The number of likely N-dealkylation sites (N-methyl/N-ethyl adjacent to an activating group) is 1.